The molecule has 3 unspecified atom stereocenters. The molecule has 1 heterocycles. The number of amides is 1. The number of hydrogen-bond acceptors (Lipinski definition) is 4. The summed E-state index contributed by atoms with van der Waals surface area (Å²) in [5.74, 6) is -0.118. The van der Waals surface area contributed by atoms with E-state index in [1.807, 2.05) is 30.3 Å². The van der Waals surface area contributed by atoms with E-state index in [2.05, 4.69) is 24.1 Å². The minimum Gasteiger partial charge on any atom is -0.385 e. The Bertz CT molecular complexity index is 509. The Morgan fingerprint density at radius 3 is 2.54 bits per heavy atom. The van der Waals surface area contributed by atoms with E-state index in [1.54, 1.807) is 6.92 Å². The molecule has 0 bridgehead atoms. The summed E-state index contributed by atoms with van der Waals surface area (Å²) in [4.78, 5) is 14.5. The summed E-state index contributed by atoms with van der Waals surface area (Å²) in [5.41, 5.74) is -0.378. The molecule has 1 saturated heterocycles. The number of nitrogens with zero attached hydrogens (tertiary/aromatic N) is 1. The Kier molecular flexibility index (Phi) is 6.78. The molecule has 0 aromatic heterocycles. The molecule has 1 aliphatic rings. The smallest absolute Gasteiger partial charge is 0.223 e. The number of nitrogens with one attached hydrogen (secondary N) is 1. The molecule has 1 aromatic rings. The van der Waals surface area contributed by atoms with Crippen molar-refractivity contribution in [2.75, 3.05) is 26.2 Å². The van der Waals surface area contributed by atoms with E-state index in [4.69, 9.17) is 4.74 Å². The summed E-state index contributed by atoms with van der Waals surface area (Å²) >= 11 is 0. The van der Waals surface area contributed by atoms with Gasteiger partial charge in [-0.25, -0.2) is 0 Å². The fourth-order valence-electron chi connectivity index (χ4n) is 3.27. The summed E-state index contributed by atoms with van der Waals surface area (Å²) in [6.07, 6.45) is 1.51. The summed E-state index contributed by atoms with van der Waals surface area (Å²) in [7, 11) is 0. The molecule has 0 spiro atoms. The fraction of sp³-hybridized carbons (Fsp3) is 0.632. The molecule has 5 heteroatoms. The Balaban J connectivity index is 1.68. The average molecular weight is 334 g/mol. The lowest BCUT2D eigenvalue weighted by atomic mass is 9.92. The van der Waals surface area contributed by atoms with Gasteiger partial charge in [-0.15, -0.1) is 0 Å². The molecular weight excluding hydrogens is 304 g/mol. The van der Waals surface area contributed by atoms with Gasteiger partial charge in [0.2, 0.25) is 5.91 Å². The molecule has 0 saturated carbocycles. The van der Waals surface area contributed by atoms with Gasteiger partial charge < -0.3 is 15.2 Å². The molecular formula is C19H30N2O3. The van der Waals surface area contributed by atoms with Crippen LogP contribution in [-0.4, -0.2) is 54.3 Å². The van der Waals surface area contributed by atoms with Crippen molar-refractivity contribution in [3.05, 3.63) is 35.9 Å². The van der Waals surface area contributed by atoms with Crippen LogP contribution in [0, 0.1) is 0 Å². The Labute approximate surface area is 145 Å². The number of carbonyl (C=O) groups is 1. The predicted octanol–water partition coefficient (Wildman–Crippen LogP) is 1.90. The van der Waals surface area contributed by atoms with Gasteiger partial charge in [-0.3, -0.25) is 9.69 Å². The monoisotopic (exact) mass is 334 g/mol. The topological polar surface area (TPSA) is 61.8 Å². The van der Waals surface area contributed by atoms with Crippen LogP contribution in [0.25, 0.3) is 0 Å². The molecule has 1 amide bonds. The van der Waals surface area contributed by atoms with E-state index >= 15 is 0 Å². The van der Waals surface area contributed by atoms with E-state index in [0.29, 0.717) is 6.54 Å². The predicted molar refractivity (Wildman–Crippen MR) is 94.7 cm³/mol. The molecule has 2 rings (SSSR count). The highest BCUT2D eigenvalue weighted by atomic mass is 16.5. The molecule has 0 aliphatic carbocycles. The zero-order valence-corrected chi connectivity index (χ0v) is 15.0. The maximum atomic E-state index is 12.1. The quantitative estimate of drug-likeness (QED) is 0.748. The van der Waals surface area contributed by atoms with Crippen LogP contribution in [0.15, 0.2) is 30.3 Å². The molecule has 2 N–H and O–H groups in total. The summed E-state index contributed by atoms with van der Waals surface area (Å²) in [6, 6.07) is 9.31. The highest BCUT2D eigenvalue weighted by Gasteiger charge is 2.26. The molecule has 5 nitrogen and oxygen atoms in total. The van der Waals surface area contributed by atoms with Crippen LogP contribution in [0.5, 0.6) is 0 Å². The average Bonchev–Trinajstić information content (AvgIpc) is 2.51. The Morgan fingerprint density at radius 2 is 1.92 bits per heavy atom. The fourth-order valence-corrected chi connectivity index (χ4v) is 3.27. The van der Waals surface area contributed by atoms with Crippen molar-refractivity contribution in [2.24, 2.45) is 0 Å². The van der Waals surface area contributed by atoms with Crippen LogP contribution in [0.4, 0.5) is 0 Å². The number of morpholine rings is 1. The Morgan fingerprint density at radius 1 is 1.29 bits per heavy atom. The number of rotatable bonds is 7. The maximum absolute atomic E-state index is 12.1. The normalized spacial score (nSPS) is 24.3. The van der Waals surface area contributed by atoms with Gasteiger partial charge in [-0.05, 0) is 32.8 Å². The van der Waals surface area contributed by atoms with Crippen molar-refractivity contribution in [2.45, 2.75) is 51.4 Å². The third-order valence-corrected chi connectivity index (χ3v) is 4.37. The second-order valence-electron chi connectivity index (χ2n) is 7.04. The van der Waals surface area contributed by atoms with E-state index in [9.17, 15) is 9.90 Å². The van der Waals surface area contributed by atoms with Gasteiger partial charge in [-0.1, -0.05) is 30.3 Å². The van der Waals surface area contributed by atoms with Gasteiger partial charge in [-0.2, -0.15) is 0 Å². The van der Waals surface area contributed by atoms with Gasteiger partial charge in [0.25, 0.3) is 0 Å². The summed E-state index contributed by atoms with van der Waals surface area (Å²) < 4.78 is 5.72. The minimum atomic E-state index is -1.14. The first-order valence-electron chi connectivity index (χ1n) is 8.79. The highest BCUT2D eigenvalue weighted by Crippen LogP contribution is 2.23. The van der Waals surface area contributed by atoms with Gasteiger partial charge in [0.1, 0.15) is 0 Å². The van der Waals surface area contributed by atoms with Gasteiger partial charge in [0.05, 0.1) is 24.2 Å². The molecule has 1 aromatic carbocycles. The van der Waals surface area contributed by atoms with E-state index in [-0.39, 0.29) is 24.5 Å². The molecule has 1 aliphatic heterocycles. The number of benzene rings is 1. The van der Waals surface area contributed by atoms with Crippen LogP contribution in [0.1, 0.15) is 39.2 Å². The number of hydrogen-bond donors (Lipinski definition) is 2. The lowest BCUT2D eigenvalue weighted by Gasteiger charge is -2.35. The Hall–Kier alpha value is -1.43. The van der Waals surface area contributed by atoms with Crippen molar-refractivity contribution in [3.8, 4) is 0 Å². The number of ether oxygens (including phenoxy) is 1. The molecule has 3 atom stereocenters. The van der Waals surface area contributed by atoms with Gasteiger partial charge >= 0.3 is 0 Å². The lowest BCUT2D eigenvalue weighted by molar-refractivity contribution is -0.125. The summed E-state index contributed by atoms with van der Waals surface area (Å²) in [5, 5.41) is 13.4. The third kappa shape index (κ3) is 5.89. The first-order valence-corrected chi connectivity index (χ1v) is 8.79. The lowest BCUT2D eigenvalue weighted by Crippen LogP contribution is -2.46. The first-order chi connectivity index (χ1) is 11.4. The van der Waals surface area contributed by atoms with E-state index in [1.165, 1.54) is 0 Å². The van der Waals surface area contributed by atoms with Gasteiger partial charge in [0, 0.05) is 26.2 Å². The molecule has 0 radical (unpaired) electrons. The highest BCUT2D eigenvalue weighted by molar-refractivity contribution is 5.77. The first kappa shape index (κ1) is 18.9. The standard InChI is InChI=1S/C19H30N2O3/c1-15-13-21(14-16(2)24-15)11-7-10-20-18(22)12-19(3,23)17-8-5-4-6-9-17/h4-6,8-9,15-16,23H,7,10-14H2,1-3H3,(H,20,22). The van der Waals surface area contributed by atoms with Crippen molar-refractivity contribution in [1.82, 2.24) is 10.2 Å². The van der Waals surface area contributed by atoms with Crippen LogP contribution in [-0.2, 0) is 15.1 Å². The molecule has 1 fully saturated rings. The zero-order chi connectivity index (χ0) is 17.6. The van der Waals surface area contributed by atoms with Crippen LogP contribution in [0.2, 0.25) is 0 Å². The second-order valence-corrected chi connectivity index (χ2v) is 7.04. The van der Waals surface area contributed by atoms with Crippen LogP contribution < -0.4 is 5.32 Å². The SMILES string of the molecule is CC1CN(CCCNC(=O)CC(C)(O)c2ccccc2)CC(C)O1. The minimum absolute atomic E-state index is 0.0721. The zero-order valence-electron chi connectivity index (χ0n) is 15.0. The van der Waals surface area contributed by atoms with Crippen LogP contribution in [0.3, 0.4) is 0 Å². The van der Waals surface area contributed by atoms with Crippen molar-refractivity contribution in [1.29, 1.82) is 0 Å². The third-order valence-electron chi connectivity index (χ3n) is 4.37. The second kappa shape index (κ2) is 8.60. The number of aliphatic hydroxyl groups is 1. The maximum Gasteiger partial charge on any atom is 0.223 e. The van der Waals surface area contributed by atoms with Crippen molar-refractivity contribution in [3.63, 3.8) is 0 Å². The van der Waals surface area contributed by atoms with Crippen molar-refractivity contribution >= 4 is 5.91 Å². The molecule has 24 heavy (non-hydrogen) atoms. The molecule has 134 valence electrons. The van der Waals surface area contributed by atoms with Gasteiger partial charge in [0.15, 0.2) is 0 Å². The van der Waals surface area contributed by atoms with Crippen LogP contribution >= 0.6 is 0 Å². The number of carbonyl (C=O) groups excluding carboxylic acids is 1. The van der Waals surface area contributed by atoms with E-state index < -0.39 is 5.60 Å². The summed E-state index contributed by atoms with van der Waals surface area (Å²) in [6.45, 7) is 9.34. The largest absolute Gasteiger partial charge is 0.385 e. The van der Waals surface area contributed by atoms with E-state index in [0.717, 1.165) is 31.6 Å². The van der Waals surface area contributed by atoms with Crippen molar-refractivity contribution < 1.29 is 14.6 Å².